The van der Waals surface area contributed by atoms with Crippen molar-refractivity contribution in [3.05, 3.63) is 23.8 Å². The molecule has 4 N–H and O–H groups in total. The number of hydrogen-bond donors (Lipinski definition) is 4. The number of aliphatic carboxylic acids is 1. The van der Waals surface area contributed by atoms with E-state index in [0.717, 1.165) is 32.1 Å². The highest BCUT2D eigenvalue weighted by molar-refractivity contribution is 5.82. The van der Waals surface area contributed by atoms with Crippen LogP contribution in [0.25, 0.3) is 0 Å². The number of unbranched alkanes of at least 4 members (excludes halogenated alkanes) is 5. The van der Waals surface area contributed by atoms with E-state index >= 15 is 0 Å². The Morgan fingerprint density at radius 2 is 1.71 bits per heavy atom. The number of aliphatic hydroxyl groups is 3. The van der Waals surface area contributed by atoms with Crippen LogP contribution in [0.3, 0.4) is 0 Å². The molecule has 0 amide bonds. The average molecular weight is 485 g/mol. The second kappa shape index (κ2) is 16.8. The molecule has 1 fully saturated rings. The van der Waals surface area contributed by atoms with Gasteiger partial charge >= 0.3 is 11.9 Å². The molecule has 0 bridgehead atoms. The third kappa shape index (κ3) is 12.6. The molecule has 0 saturated carbocycles. The highest BCUT2D eigenvalue weighted by Gasteiger charge is 2.37. The van der Waals surface area contributed by atoms with Gasteiger partial charge < -0.3 is 29.9 Å². The molecule has 1 rings (SSSR count). The Morgan fingerprint density at radius 1 is 1.06 bits per heavy atom. The molecule has 0 spiro atoms. The van der Waals surface area contributed by atoms with Crippen molar-refractivity contribution in [3.63, 3.8) is 0 Å². The van der Waals surface area contributed by atoms with E-state index in [0.29, 0.717) is 38.0 Å². The summed E-state index contributed by atoms with van der Waals surface area (Å²) in [7, 11) is 0. The lowest BCUT2D eigenvalue weighted by atomic mass is 9.87. The predicted molar refractivity (Wildman–Crippen MR) is 129 cm³/mol. The van der Waals surface area contributed by atoms with Gasteiger partial charge in [-0.15, -0.1) is 0 Å². The topological polar surface area (TPSA) is 134 Å². The summed E-state index contributed by atoms with van der Waals surface area (Å²) < 4.78 is 11.0. The van der Waals surface area contributed by atoms with E-state index in [1.807, 2.05) is 19.1 Å². The molecule has 8 nitrogen and oxygen atoms in total. The van der Waals surface area contributed by atoms with Gasteiger partial charge in [0.2, 0.25) is 0 Å². The summed E-state index contributed by atoms with van der Waals surface area (Å²) in [5.41, 5.74) is 0.712. The Kier molecular flexibility index (Phi) is 15.0. The monoisotopic (exact) mass is 484 g/mol. The molecule has 0 radical (unpaired) electrons. The van der Waals surface area contributed by atoms with Gasteiger partial charge in [-0.3, -0.25) is 4.79 Å². The molecular formula is C26H44O8. The average Bonchev–Trinajstić information content (AvgIpc) is 2.76. The SMILES string of the molecule is C/C(=C\C(=O)OCCCCCCCCC(=O)O)CC1OC[C@H](C/C=C/[C@@H](C)[C@H](C)O)[C@@H](O)[C@H]1O. The van der Waals surface area contributed by atoms with Crippen molar-refractivity contribution in [1.29, 1.82) is 0 Å². The molecule has 0 aromatic carbocycles. The van der Waals surface area contributed by atoms with E-state index in [-0.39, 0.29) is 18.3 Å². The minimum absolute atomic E-state index is 0.0160. The van der Waals surface area contributed by atoms with Crippen LogP contribution in [0, 0.1) is 11.8 Å². The van der Waals surface area contributed by atoms with Crippen LogP contribution in [0.15, 0.2) is 23.8 Å². The largest absolute Gasteiger partial charge is 0.481 e. The zero-order valence-corrected chi connectivity index (χ0v) is 20.9. The van der Waals surface area contributed by atoms with Crippen molar-refractivity contribution in [2.45, 2.75) is 103 Å². The number of esters is 1. The maximum absolute atomic E-state index is 12.0. The summed E-state index contributed by atoms with van der Waals surface area (Å²) in [6, 6.07) is 0. The summed E-state index contributed by atoms with van der Waals surface area (Å²) in [5, 5.41) is 39.1. The quantitative estimate of drug-likeness (QED) is 0.113. The zero-order valence-electron chi connectivity index (χ0n) is 20.9. The van der Waals surface area contributed by atoms with Crippen LogP contribution in [-0.4, -0.2) is 70.0 Å². The first-order valence-corrected chi connectivity index (χ1v) is 12.5. The standard InChI is InChI=1S/C26H44O8/c1-18(16-24(30)33-14-9-7-5-4-6-8-13-23(28)29)15-22-26(32)25(31)21(17-34-22)12-10-11-19(2)20(3)27/h10-11,16,19-22,25-27,31-32H,4-9,12-15,17H2,1-3H3,(H,28,29)/b11-10+,18-16+/t19-,20+,21+,22?,25-,26+/m1/s1. The Morgan fingerprint density at radius 3 is 2.35 bits per heavy atom. The summed E-state index contributed by atoms with van der Waals surface area (Å²) in [4.78, 5) is 22.5. The Balaban J connectivity index is 2.28. The Bertz CT molecular complexity index is 657. The minimum atomic E-state index is -1.05. The minimum Gasteiger partial charge on any atom is -0.481 e. The van der Waals surface area contributed by atoms with E-state index in [9.17, 15) is 24.9 Å². The molecule has 34 heavy (non-hydrogen) atoms. The van der Waals surface area contributed by atoms with Crippen molar-refractivity contribution in [3.8, 4) is 0 Å². The molecule has 0 aliphatic carbocycles. The maximum atomic E-state index is 12.0. The molecule has 1 aliphatic rings. The second-order valence-electron chi connectivity index (χ2n) is 9.50. The zero-order chi connectivity index (χ0) is 25.5. The van der Waals surface area contributed by atoms with E-state index in [1.54, 1.807) is 13.8 Å². The van der Waals surface area contributed by atoms with Gasteiger partial charge in [0.05, 0.1) is 31.5 Å². The molecular weight excluding hydrogens is 440 g/mol. The molecule has 1 heterocycles. The predicted octanol–water partition coefficient (Wildman–Crippen LogP) is 3.38. The first-order valence-electron chi connectivity index (χ1n) is 12.5. The van der Waals surface area contributed by atoms with Crippen LogP contribution in [0.4, 0.5) is 0 Å². The van der Waals surface area contributed by atoms with Crippen molar-refractivity contribution >= 4 is 11.9 Å². The van der Waals surface area contributed by atoms with Gasteiger partial charge in [0.25, 0.3) is 0 Å². The van der Waals surface area contributed by atoms with Gasteiger partial charge in [0.15, 0.2) is 0 Å². The third-order valence-electron chi connectivity index (χ3n) is 6.29. The van der Waals surface area contributed by atoms with Crippen molar-refractivity contribution < 1.29 is 39.5 Å². The molecule has 8 heteroatoms. The number of carboxylic acids is 1. The van der Waals surface area contributed by atoms with Gasteiger partial charge in [-0.1, -0.05) is 50.3 Å². The first kappa shape index (κ1) is 30.3. The number of allylic oxidation sites excluding steroid dienone is 1. The summed E-state index contributed by atoms with van der Waals surface area (Å²) in [6.45, 7) is 6.05. The number of ether oxygens (including phenoxy) is 2. The molecule has 1 saturated heterocycles. The van der Waals surface area contributed by atoms with Gasteiger partial charge in [-0.2, -0.15) is 0 Å². The highest BCUT2D eigenvalue weighted by Crippen LogP contribution is 2.27. The number of carbonyl (C=O) groups excluding carboxylic acids is 1. The summed E-state index contributed by atoms with van der Waals surface area (Å²) in [6.07, 6.45) is 8.56. The van der Waals surface area contributed by atoms with E-state index in [2.05, 4.69) is 0 Å². The number of hydrogen-bond acceptors (Lipinski definition) is 7. The number of carbonyl (C=O) groups is 2. The number of carboxylic acid groups (broad SMARTS) is 1. The van der Waals surface area contributed by atoms with Gasteiger partial charge in [-0.05, 0) is 45.4 Å². The van der Waals surface area contributed by atoms with E-state index in [4.69, 9.17) is 14.6 Å². The molecule has 1 unspecified atom stereocenters. The fourth-order valence-electron chi connectivity index (χ4n) is 3.84. The highest BCUT2D eigenvalue weighted by atomic mass is 16.5. The lowest BCUT2D eigenvalue weighted by Gasteiger charge is -2.37. The normalized spacial score (nSPS) is 25.3. The van der Waals surface area contributed by atoms with Crippen molar-refractivity contribution in [1.82, 2.24) is 0 Å². The van der Waals surface area contributed by atoms with Crippen molar-refractivity contribution in [2.24, 2.45) is 11.8 Å². The van der Waals surface area contributed by atoms with Crippen LogP contribution in [0.5, 0.6) is 0 Å². The molecule has 196 valence electrons. The molecule has 0 aromatic rings. The van der Waals surface area contributed by atoms with Gasteiger partial charge in [-0.25, -0.2) is 4.79 Å². The maximum Gasteiger partial charge on any atom is 0.330 e. The molecule has 6 atom stereocenters. The third-order valence-corrected chi connectivity index (χ3v) is 6.29. The van der Waals surface area contributed by atoms with Crippen LogP contribution in [0.1, 0.15) is 78.6 Å². The summed E-state index contributed by atoms with van der Waals surface area (Å²) in [5.74, 6) is -1.40. The number of rotatable bonds is 16. The molecule has 0 aromatic heterocycles. The Hall–Kier alpha value is -1.74. The lowest BCUT2D eigenvalue weighted by molar-refractivity contribution is -0.162. The fraction of sp³-hybridized carbons (Fsp3) is 0.769. The van der Waals surface area contributed by atoms with E-state index in [1.165, 1.54) is 6.08 Å². The number of aliphatic hydroxyl groups excluding tert-OH is 3. The van der Waals surface area contributed by atoms with Gasteiger partial charge in [0.1, 0.15) is 6.10 Å². The van der Waals surface area contributed by atoms with Gasteiger partial charge in [0, 0.05) is 18.4 Å². The van der Waals surface area contributed by atoms with Crippen LogP contribution < -0.4 is 0 Å². The van der Waals surface area contributed by atoms with Crippen LogP contribution in [-0.2, 0) is 19.1 Å². The van der Waals surface area contributed by atoms with Crippen LogP contribution in [0.2, 0.25) is 0 Å². The lowest BCUT2D eigenvalue weighted by Crippen LogP contribution is -2.50. The summed E-state index contributed by atoms with van der Waals surface area (Å²) >= 11 is 0. The first-order chi connectivity index (χ1) is 16.1. The Labute approximate surface area is 203 Å². The second-order valence-corrected chi connectivity index (χ2v) is 9.50. The van der Waals surface area contributed by atoms with Crippen molar-refractivity contribution in [2.75, 3.05) is 13.2 Å². The smallest absolute Gasteiger partial charge is 0.330 e. The van der Waals surface area contributed by atoms with E-state index < -0.39 is 36.4 Å². The fourth-order valence-corrected chi connectivity index (χ4v) is 3.84. The molecule has 1 aliphatic heterocycles. The van der Waals surface area contributed by atoms with Crippen LogP contribution >= 0.6 is 0 Å².